The molecule has 0 fully saturated rings. The number of nitrogens with zero attached hydrogens (tertiary/aromatic N) is 5. The third-order valence-electron chi connectivity index (χ3n) is 12.0. The fourth-order valence-electron chi connectivity index (χ4n) is 9.09. The molecule has 0 N–H and O–H groups in total. The highest BCUT2D eigenvalue weighted by Crippen LogP contribution is 2.39. The molecule has 0 atom stereocenters. The van der Waals surface area contributed by atoms with E-state index in [1.54, 1.807) is 0 Å². The molecular formula is C57H37N5. The lowest BCUT2D eigenvalue weighted by atomic mass is 9.97. The molecule has 0 spiro atoms. The van der Waals surface area contributed by atoms with Crippen LogP contribution < -0.4 is 0 Å². The summed E-state index contributed by atoms with van der Waals surface area (Å²) in [6.45, 7) is 0. The first-order chi connectivity index (χ1) is 30.7. The summed E-state index contributed by atoms with van der Waals surface area (Å²) in [5.74, 6) is 1.83. The molecule has 9 aromatic carbocycles. The van der Waals surface area contributed by atoms with Crippen LogP contribution in [0.4, 0.5) is 0 Å². The van der Waals surface area contributed by atoms with E-state index in [-0.39, 0.29) is 0 Å². The van der Waals surface area contributed by atoms with Crippen LogP contribution in [0.5, 0.6) is 0 Å². The minimum atomic E-state index is 0.604. The predicted octanol–water partition coefficient (Wildman–Crippen LogP) is 14.4. The Morgan fingerprint density at radius 2 is 0.645 bits per heavy atom. The molecule has 0 bridgehead atoms. The van der Waals surface area contributed by atoms with Gasteiger partial charge in [0.1, 0.15) is 0 Å². The summed E-state index contributed by atoms with van der Waals surface area (Å²) in [5.41, 5.74) is 14.0. The SMILES string of the molecule is c1ccc(-c2ccc(-c3cc(-c4nc(-c5ccccc5)nc(-c5cccc(-n6c7ccccc7c7ccccc76)c5)n4)ccc3-n3c4ccccc4c4ccccc43)cc2)cc1. The lowest BCUT2D eigenvalue weighted by Crippen LogP contribution is -2.02. The molecule has 3 aromatic heterocycles. The molecule has 0 amide bonds. The highest BCUT2D eigenvalue weighted by molar-refractivity contribution is 6.10. The lowest BCUT2D eigenvalue weighted by Gasteiger charge is -2.17. The van der Waals surface area contributed by atoms with E-state index in [0.29, 0.717) is 17.5 Å². The second-order valence-corrected chi connectivity index (χ2v) is 15.6. The molecule has 12 rings (SSSR count). The first-order valence-electron chi connectivity index (χ1n) is 20.9. The third-order valence-corrected chi connectivity index (χ3v) is 12.0. The minimum Gasteiger partial charge on any atom is -0.309 e. The average molecular weight is 792 g/mol. The molecule has 62 heavy (non-hydrogen) atoms. The summed E-state index contributed by atoms with van der Waals surface area (Å²) in [6, 6.07) is 79.3. The third kappa shape index (κ3) is 5.98. The largest absolute Gasteiger partial charge is 0.309 e. The Labute approximate surface area is 358 Å². The second-order valence-electron chi connectivity index (χ2n) is 15.6. The zero-order valence-corrected chi connectivity index (χ0v) is 33.6. The maximum atomic E-state index is 5.29. The molecule has 0 aliphatic heterocycles. The van der Waals surface area contributed by atoms with E-state index in [9.17, 15) is 0 Å². The van der Waals surface area contributed by atoms with Gasteiger partial charge in [-0.3, -0.25) is 0 Å². The molecule has 5 heteroatoms. The highest BCUT2D eigenvalue weighted by Gasteiger charge is 2.20. The smallest absolute Gasteiger partial charge is 0.164 e. The molecule has 290 valence electrons. The molecule has 0 saturated carbocycles. The molecule has 0 aliphatic rings. The van der Waals surface area contributed by atoms with E-state index < -0.39 is 0 Å². The van der Waals surface area contributed by atoms with Crippen LogP contribution in [0.15, 0.2) is 224 Å². The first-order valence-corrected chi connectivity index (χ1v) is 20.9. The van der Waals surface area contributed by atoms with Crippen molar-refractivity contribution >= 4 is 43.6 Å². The van der Waals surface area contributed by atoms with Crippen LogP contribution in [-0.2, 0) is 0 Å². The van der Waals surface area contributed by atoms with Crippen molar-refractivity contribution in [2.24, 2.45) is 0 Å². The van der Waals surface area contributed by atoms with Gasteiger partial charge in [-0.1, -0.05) is 170 Å². The van der Waals surface area contributed by atoms with Crippen LogP contribution >= 0.6 is 0 Å². The zero-order chi connectivity index (χ0) is 41.0. The fourth-order valence-corrected chi connectivity index (χ4v) is 9.09. The highest BCUT2D eigenvalue weighted by atomic mass is 15.0. The van der Waals surface area contributed by atoms with Crippen LogP contribution in [-0.4, -0.2) is 24.1 Å². The summed E-state index contributed by atoms with van der Waals surface area (Å²) >= 11 is 0. The van der Waals surface area contributed by atoms with Gasteiger partial charge < -0.3 is 9.13 Å². The van der Waals surface area contributed by atoms with Crippen molar-refractivity contribution in [3.05, 3.63) is 224 Å². The van der Waals surface area contributed by atoms with E-state index in [1.807, 2.05) is 18.2 Å². The summed E-state index contributed by atoms with van der Waals surface area (Å²) in [6.07, 6.45) is 0. The van der Waals surface area contributed by atoms with Gasteiger partial charge in [0.15, 0.2) is 17.5 Å². The Morgan fingerprint density at radius 3 is 1.19 bits per heavy atom. The monoisotopic (exact) mass is 791 g/mol. The summed E-state index contributed by atoms with van der Waals surface area (Å²) < 4.78 is 4.72. The molecule has 0 saturated heterocycles. The van der Waals surface area contributed by atoms with Gasteiger partial charge in [0, 0.05) is 49.5 Å². The number of hydrogen-bond acceptors (Lipinski definition) is 3. The summed E-state index contributed by atoms with van der Waals surface area (Å²) in [4.78, 5) is 15.6. The lowest BCUT2D eigenvalue weighted by molar-refractivity contribution is 1.07. The topological polar surface area (TPSA) is 48.5 Å². The number of aromatic nitrogens is 5. The van der Waals surface area contributed by atoms with E-state index in [2.05, 4.69) is 215 Å². The van der Waals surface area contributed by atoms with Crippen LogP contribution in [0, 0.1) is 0 Å². The van der Waals surface area contributed by atoms with E-state index in [4.69, 9.17) is 15.0 Å². The first kappa shape index (κ1) is 35.5. The van der Waals surface area contributed by atoms with Gasteiger partial charge in [-0.2, -0.15) is 0 Å². The number of rotatable bonds is 7. The second kappa shape index (κ2) is 14.7. The minimum absolute atomic E-state index is 0.604. The molecule has 5 nitrogen and oxygen atoms in total. The van der Waals surface area contributed by atoms with Gasteiger partial charge in [0.25, 0.3) is 0 Å². The van der Waals surface area contributed by atoms with Gasteiger partial charge in [-0.25, -0.2) is 15.0 Å². The van der Waals surface area contributed by atoms with Crippen LogP contribution in [0.25, 0.3) is 111 Å². The van der Waals surface area contributed by atoms with Crippen molar-refractivity contribution in [2.45, 2.75) is 0 Å². The molecule has 0 unspecified atom stereocenters. The van der Waals surface area contributed by atoms with Crippen LogP contribution in [0.3, 0.4) is 0 Å². The van der Waals surface area contributed by atoms with Crippen LogP contribution in [0.2, 0.25) is 0 Å². The van der Waals surface area contributed by atoms with Gasteiger partial charge in [-0.05, 0) is 71.3 Å². The summed E-state index contributed by atoms with van der Waals surface area (Å²) in [5, 5.41) is 4.87. The van der Waals surface area contributed by atoms with Crippen molar-refractivity contribution in [1.29, 1.82) is 0 Å². The Kier molecular flexibility index (Phi) is 8.42. The molecule has 12 aromatic rings. The Hall–Kier alpha value is -8.41. The molecule has 0 aliphatic carbocycles. The van der Waals surface area contributed by atoms with Crippen molar-refractivity contribution in [2.75, 3.05) is 0 Å². The Bertz CT molecular complexity index is 3520. The normalized spacial score (nSPS) is 11.5. The molecule has 3 heterocycles. The zero-order valence-electron chi connectivity index (χ0n) is 33.6. The van der Waals surface area contributed by atoms with Gasteiger partial charge in [0.05, 0.1) is 27.8 Å². The van der Waals surface area contributed by atoms with Gasteiger partial charge >= 0.3 is 0 Å². The van der Waals surface area contributed by atoms with E-state index in [1.165, 1.54) is 32.7 Å². The van der Waals surface area contributed by atoms with Crippen molar-refractivity contribution < 1.29 is 0 Å². The maximum absolute atomic E-state index is 5.29. The number of para-hydroxylation sites is 4. The van der Waals surface area contributed by atoms with E-state index in [0.717, 1.165) is 61.3 Å². The van der Waals surface area contributed by atoms with Crippen molar-refractivity contribution in [1.82, 2.24) is 24.1 Å². The molecular weight excluding hydrogens is 755 g/mol. The quantitative estimate of drug-likeness (QED) is 0.162. The van der Waals surface area contributed by atoms with Crippen molar-refractivity contribution in [3.8, 4) is 67.8 Å². The van der Waals surface area contributed by atoms with Crippen molar-refractivity contribution in [3.63, 3.8) is 0 Å². The maximum Gasteiger partial charge on any atom is 0.164 e. The number of hydrogen-bond donors (Lipinski definition) is 0. The fraction of sp³-hybridized carbons (Fsp3) is 0. The van der Waals surface area contributed by atoms with E-state index >= 15 is 0 Å². The standard InChI is InChI=1S/C57H37N5/c1-3-16-38(17-4-1)39-30-32-40(33-31-39)49-37-43(34-35-54(49)62-52-28-13-9-24-47(52)48-25-10-14-29-53(48)62)57-59-55(41-18-5-2-6-19-41)58-56(60-57)42-20-15-21-44(36-42)61-50-26-11-7-22-45(50)46-23-8-12-27-51(46)61/h1-37H. The number of fused-ring (bicyclic) bond motifs is 6. The molecule has 0 radical (unpaired) electrons. The predicted molar refractivity (Wildman–Crippen MR) is 256 cm³/mol. The van der Waals surface area contributed by atoms with Gasteiger partial charge in [-0.15, -0.1) is 0 Å². The Balaban J connectivity index is 1.06. The average Bonchev–Trinajstić information content (AvgIpc) is 3.87. The Morgan fingerprint density at radius 1 is 0.258 bits per heavy atom. The summed E-state index contributed by atoms with van der Waals surface area (Å²) in [7, 11) is 0. The number of benzene rings is 9. The van der Waals surface area contributed by atoms with Crippen LogP contribution in [0.1, 0.15) is 0 Å². The van der Waals surface area contributed by atoms with Gasteiger partial charge in [0.2, 0.25) is 0 Å².